The van der Waals surface area contributed by atoms with E-state index in [0.717, 1.165) is 5.75 Å². The van der Waals surface area contributed by atoms with E-state index in [1.165, 1.54) is 5.56 Å². The molecule has 0 bridgehead atoms. The Labute approximate surface area is 101 Å². The Bertz CT molecular complexity index is 349. The molecule has 0 aliphatic carbocycles. The smallest absolute Gasteiger partial charge is 0.200 e. The Morgan fingerprint density at radius 2 is 2.00 bits per heavy atom. The van der Waals surface area contributed by atoms with E-state index in [9.17, 15) is 5.11 Å². The van der Waals surface area contributed by atoms with Crippen LogP contribution in [0.15, 0.2) is 24.3 Å². The summed E-state index contributed by atoms with van der Waals surface area (Å²) in [5.74, 6) is 0.744. The first-order valence-corrected chi connectivity index (χ1v) is 5.87. The molecule has 1 saturated heterocycles. The predicted octanol–water partition coefficient (Wildman–Crippen LogP) is 1.23. The molecule has 17 heavy (non-hydrogen) atoms. The number of ether oxygens (including phenoxy) is 2. The highest BCUT2D eigenvalue weighted by molar-refractivity contribution is 5.26. The molecule has 1 aliphatic heterocycles. The molecule has 0 saturated carbocycles. The average molecular weight is 238 g/mol. The van der Waals surface area contributed by atoms with Gasteiger partial charge in [0.2, 0.25) is 0 Å². The van der Waals surface area contributed by atoms with Gasteiger partial charge in [0.05, 0.1) is 12.7 Å². The first-order chi connectivity index (χ1) is 8.19. The summed E-state index contributed by atoms with van der Waals surface area (Å²) >= 11 is 0. The van der Waals surface area contributed by atoms with Crippen LogP contribution in [0.1, 0.15) is 18.4 Å². The van der Waals surface area contributed by atoms with Crippen molar-refractivity contribution in [3.63, 3.8) is 0 Å². The van der Waals surface area contributed by atoms with Crippen LogP contribution in [0.4, 0.5) is 0 Å². The van der Waals surface area contributed by atoms with Crippen molar-refractivity contribution in [1.29, 1.82) is 0 Å². The zero-order valence-electron chi connectivity index (χ0n) is 9.87. The zero-order chi connectivity index (χ0) is 12.3. The predicted molar refractivity (Wildman–Crippen MR) is 62.8 cm³/mol. The van der Waals surface area contributed by atoms with Gasteiger partial charge in [-0.15, -0.1) is 0 Å². The lowest BCUT2D eigenvalue weighted by atomic mass is 10.1. The van der Waals surface area contributed by atoms with Crippen molar-refractivity contribution >= 4 is 0 Å². The Hall–Kier alpha value is -1.10. The standard InChI is InChI=1S/C13H18O4/c1-9-2-4-10(5-3-9)16-13-7-6-11(15)12(8-14)17-13/h2-5,11-15H,6-8H2,1H3/t11?,12-,13+/m1/s1. The highest BCUT2D eigenvalue weighted by Gasteiger charge is 2.30. The molecule has 0 amide bonds. The van der Waals surface area contributed by atoms with Gasteiger partial charge in [-0.3, -0.25) is 0 Å². The van der Waals surface area contributed by atoms with E-state index < -0.39 is 18.5 Å². The maximum Gasteiger partial charge on any atom is 0.200 e. The Balaban J connectivity index is 1.93. The van der Waals surface area contributed by atoms with Crippen molar-refractivity contribution < 1.29 is 19.7 Å². The summed E-state index contributed by atoms with van der Waals surface area (Å²) in [6.07, 6.45) is -0.317. The van der Waals surface area contributed by atoms with Crippen LogP contribution >= 0.6 is 0 Å². The van der Waals surface area contributed by atoms with E-state index in [1.54, 1.807) is 0 Å². The molecule has 1 aromatic carbocycles. The minimum absolute atomic E-state index is 0.186. The van der Waals surface area contributed by atoms with Gasteiger partial charge in [0.25, 0.3) is 0 Å². The Morgan fingerprint density at radius 1 is 1.29 bits per heavy atom. The number of hydrogen-bond acceptors (Lipinski definition) is 4. The van der Waals surface area contributed by atoms with E-state index in [1.807, 2.05) is 31.2 Å². The average Bonchev–Trinajstić information content (AvgIpc) is 2.34. The van der Waals surface area contributed by atoms with Crippen LogP contribution in [-0.2, 0) is 4.74 Å². The lowest BCUT2D eigenvalue weighted by Gasteiger charge is -2.32. The summed E-state index contributed by atoms with van der Waals surface area (Å²) in [4.78, 5) is 0. The maximum atomic E-state index is 9.55. The molecule has 0 aromatic heterocycles. The Morgan fingerprint density at radius 3 is 2.65 bits per heavy atom. The molecule has 1 aliphatic rings. The van der Waals surface area contributed by atoms with Crippen LogP contribution in [0.2, 0.25) is 0 Å². The van der Waals surface area contributed by atoms with Gasteiger partial charge in [0, 0.05) is 6.42 Å². The second-order valence-corrected chi connectivity index (χ2v) is 4.36. The number of rotatable bonds is 3. The Kier molecular flexibility index (Phi) is 3.99. The monoisotopic (exact) mass is 238 g/mol. The van der Waals surface area contributed by atoms with Gasteiger partial charge in [-0.05, 0) is 25.5 Å². The fraction of sp³-hybridized carbons (Fsp3) is 0.538. The molecular weight excluding hydrogens is 220 g/mol. The first kappa shape index (κ1) is 12.4. The molecule has 2 N–H and O–H groups in total. The minimum atomic E-state index is -0.599. The molecule has 4 heteroatoms. The number of benzene rings is 1. The van der Waals surface area contributed by atoms with Crippen molar-refractivity contribution in [2.45, 2.75) is 38.3 Å². The molecule has 94 valence electrons. The van der Waals surface area contributed by atoms with Crippen LogP contribution in [-0.4, -0.2) is 35.3 Å². The van der Waals surface area contributed by atoms with Gasteiger partial charge in [-0.25, -0.2) is 0 Å². The second-order valence-electron chi connectivity index (χ2n) is 4.36. The molecule has 4 nitrogen and oxygen atoms in total. The molecule has 2 rings (SSSR count). The van der Waals surface area contributed by atoms with E-state index >= 15 is 0 Å². The normalized spacial score (nSPS) is 29.0. The minimum Gasteiger partial charge on any atom is -0.465 e. The van der Waals surface area contributed by atoms with Crippen LogP contribution < -0.4 is 4.74 Å². The topological polar surface area (TPSA) is 58.9 Å². The summed E-state index contributed by atoms with van der Waals surface area (Å²) in [5, 5.41) is 18.6. The van der Waals surface area contributed by atoms with Crippen molar-refractivity contribution in [2.24, 2.45) is 0 Å². The van der Waals surface area contributed by atoms with E-state index in [4.69, 9.17) is 14.6 Å². The van der Waals surface area contributed by atoms with Gasteiger partial charge < -0.3 is 19.7 Å². The lowest BCUT2D eigenvalue weighted by Crippen LogP contribution is -2.43. The lowest BCUT2D eigenvalue weighted by molar-refractivity contribution is -0.196. The largest absolute Gasteiger partial charge is 0.465 e. The third-order valence-corrected chi connectivity index (χ3v) is 2.92. The number of aliphatic hydroxyl groups excluding tert-OH is 2. The van der Waals surface area contributed by atoms with Gasteiger partial charge in [-0.2, -0.15) is 0 Å². The fourth-order valence-corrected chi connectivity index (χ4v) is 1.87. The molecule has 0 radical (unpaired) electrons. The molecule has 1 aromatic rings. The summed E-state index contributed by atoms with van der Waals surface area (Å²) in [7, 11) is 0. The van der Waals surface area contributed by atoms with Crippen molar-refractivity contribution in [3.05, 3.63) is 29.8 Å². The maximum absolute atomic E-state index is 9.55. The van der Waals surface area contributed by atoms with Crippen LogP contribution in [0.3, 0.4) is 0 Å². The summed E-state index contributed by atoms with van der Waals surface area (Å²) in [6.45, 7) is 1.83. The van der Waals surface area contributed by atoms with E-state index in [-0.39, 0.29) is 6.61 Å². The van der Waals surface area contributed by atoms with Gasteiger partial charge in [0.1, 0.15) is 11.9 Å². The summed E-state index contributed by atoms with van der Waals surface area (Å²) < 4.78 is 11.1. The van der Waals surface area contributed by atoms with Gasteiger partial charge >= 0.3 is 0 Å². The molecule has 0 spiro atoms. The molecule has 1 unspecified atom stereocenters. The second kappa shape index (κ2) is 5.49. The van der Waals surface area contributed by atoms with Crippen LogP contribution in [0.5, 0.6) is 5.75 Å². The highest BCUT2D eigenvalue weighted by Crippen LogP contribution is 2.23. The summed E-state index contributed by atoms with van der Waals surface area (Å²) in [6, 6.07) is 7.71. The molecule has 1 fully saturated rings. The van der Waals surface area contributed by atoms with Crippen LogP contribution in [0, 0.1) is 6.92 Å². The zero-order valence-corrected chi connectivity index (χ0v) is 9.87. The number of aryl methyl sites for hydroxylation is 1. The quantitative estimate of drug-likeness (QED) is 0.831. The fourth-order valence-electron chi connectivity index (χ4n) is 1.87. The SMILES string of the molecule is Cc1ccc(O[C@@H]2CCC(O)[C@@H](CO)O2)cc1. The number of aliphatic hydroxyl groups is 2. The molecule has 3 atom stereocenters. The van der Waals surface area contributed by atoms with E-state index in [2.05, 4.69) is 0 Å². The molecule has 1 heterocycles. The van der Waals surface area contributed by atoms with Gasteiger partial charge in [-0.1, -0.05) is 17.7 Å². The van der Waals surface area contributed by atoms with Crippen molar-refractivity contribution in [2.75, 3.05) is 6.61 Å². The van der Waals surface area contributed by atoms with Crippen molar-refractivity contribution in [1.82, 2.24) is 0 Å². The number of hydrogen-bond donors (Lipinski definition) is 2. The van der Waals surface area contributed by atoms with E-state index in [0.29, 0.717) is 12.8 Å². The highest BCUT2D eigenvalue weighted by atomic mass is 16.7. The third-order valence-electron chi connectivity index (χ3n) is 2.92. The van der Waals surface area contributed by atoms with Crippen LogP contribution in [0.25, 0.3) is 0 Å². The first-order valence-electron chi connectivity index (χ1n) is 5.87. The summed E-state index contributed by atoms with van der Waals surface area (Å²) in [5.41, 5.74) is 1.17. The van der Waals surface area contributed by atoms with Crippen molar-refractivity contribution in [3.8, 4) is 5.75 Å². The third kappa shape index (κ3) is 3.19. The molecular formula is C13H18O4. The van der Waals surface area contributed by atoms with Gasteiger partial charge in [0.15, 0.2) is 6.29 Å².